The number of nitrogens with one attached hydrogen (secondary N) is 2. The number of thioether (sulfide) groups is 1. The van der Waals surface area contributed by atoms with E-state index in [0.717, 1.165) is 23.5 Å². The summed E-state index contributed by atoms with van der Waals surface area (Å²) in [6.07, 6.45) is 7.82. The average molecular weight is 672 g/mol. The molecule has 2 fully saturated rings. The number of amidine groups is 1. The molecule has 1 aromatic heterocycles. The first-order valence-corrected chi connectivity index (χ1v) is 16.7. The van der Waals surface area contributed by atoms with Gasteiger partial charge in [0.1, 0.15) is 29.1 Å². The van der Waals surface area contributed by atoms with E-state index < -0.39 is 36.3 Å². The van der Waals surface area contributed by atoms with Crippen LogP contribution in [-0.2, 0) is 5.60 Å². The molecule has 4 atom stereocenters. The molecule has 0 aliphatic carbocycles. The average Bonchev–Trinajstić information content (AvgIpc) is 3.84. The number of hydrogen-bond donors (Lipinski definition) is 3. The van der Waals surface area contributed by atoms with Crippen LogP contribution >= 0.6 is 23.4 Å². The summed E-state index contributed by atoms with van der Waals surface area (Å²) in [6.45, 7) is 1.19. The zero-order valence-electron chi connectivity index (χ0n) is 24.8. The molecule has 0 radical (unpaired) electrons. The fourth-order valence-electron chi connectivity index (χ4n) is 6.83. The van der Waals surface area contributed by atoms with Crippen LogP contribution in [0, 0.1) is 5.82 Å². The van der Waals surface area contributed by atoms with Gasteiger partial charge in [0.15, 0.2) is 0 Å². The highest BCUT2D eigenvalue weighted by Crippen LogP contribution is 2.45. The number of imidazole rings is 1. The van der Waals surface area contributed by atoms with Crippen molar-refractivity contribution in [2.75, 3.05) is 19.6 Å². The number of nitrogens with zero attached hydrogens (tertiary/aromatic N) is 5. The van der Waals surface area contributed by atoms with Gasteiger partial charge in [-0.05, 0) is 30.0 Å². The molecule has 0 spiro atoms. The largest absolute Gasteiger partial charge is 0.382 e. The van der Waals surface area contributed by atoms with Crippen LogP contribution < -0.4 is 5.32 Å². The molecule has 2 aromatic rings. The number of allylic oxidation sites excluding steroid dienone is 2. The first kappa shape index (κ1) is 31.1. The Morgan fingerprint density at radius 1 is 1.26 bits per heavy atom. The Hall–Kier alpha value is -3.55. The number of benzene rings is 1. The van der Waals surface area contributed by atoms with Crippen LogP contribution in [0.5, 0.6) is 0 Å². The van der Waals surface area contributed by atoms with Gasteiger partial charge in [0, 0.05) is 79.6 Å². The first-order chi connectivity index (χ1) is 22.2. The summed E-state index contributed by atoms with van der Waals surface area (Å²) < 4.78 is 40.7. The third-order valence-corrected chi connectivity index (χ3v) is 10.6. The number of hydrogen-bond acceptors (Lipinski definition) is 7. The lowest BCUT2D eigenvalue weighted by Crippen LogP contribution is -2.51. The summed E-state index contributed by atoms with van der Waals surface area (Å²) in [4.78, 5) is 34.4. The molecule has 7 rings (SSSR count). The van der Waals surface area contributed by atoms with Gasteiger partial charge in [0.25, 0.3) is 0 Å². The van der Waals surface area contributed by atoms with E-state index in [0.29, 0.717) is 56.0 Å². The fraction of sp³-hybridized carbons (Fsp3) is 0.438. The predicted molar refractivity (Wildman–Crippen MR) is 172 cm³/mol. The van der Waals surface area contributed by atoms with Crippen molar-refractivity contribution >= 4 is 40.9 Å². The van der Waals surface area contributed by atoms with E-state index in [-0.39, 0.29) is 22.3 Å². The second-order valence-electron chi connectivity index (χ2n) is 12.1. The Bertz CT molecular complexity index is 1640. The molecule has 5 aliphatic heterocycles. The highest BCUT2D eigenvalue weighted by Gasteiger charge is 2.44. The summed E-state index contributed by atoms with van der Waals surface area (Å²) in [7, 11) is 0. The zero-order valence-corrected chi connectivity index (χ0v) is 26.3. The lowest BCUT2D eigenvalue weighted by Gasteiger charge is -2.37. The maximum atomic E-state index is 14.1. The number of amides is 2. The smallest absolute Gasteiger partial charge is 0.317 e. The lowest BCUT2D eigenvalue weighted by molar-refractivity contribution is -0.0237. The Kier molecular flexibility index (Phi) is 8.49. The second-order valence-corrected chi connectivity index (χ2v) is 13.7. The number of carbonyl (C=O) groups excluding carboxylic acids is 1. The molecule has 5 aliphatic rings. The van der Waals surface area contributed by atoms with Crippen LogP contribution in [0.25, 0.3) is 0 Å². The van der Waals surface area contributed by atoms with Crippen molar-refractivity contribution in [1.82, 2.24) is 25.1 Å². The van der Waals surface area contributed by atoms with Crippen LogP contribution in [0.4, 0.5) is 18.0 Å². The molecular weight excluding hydrogens is 639 g/mol. The number of aromatic nitrogens is 2. The topological polar surface area (TPSA) is 109 Å². The van der Waals surface area contributed by atoms with Gasteiger partial charge < -0.3 is 25.2 Å². The van der Waals surface area contributed by atoms with Crippen molar-refractivity contribution in [3.63, 3.8) is 0 Å². The van der Waals surface area contributed by atoms with Crippen molar-refractivity contribution in [1.29, 1.82) is 0 Å². The maximum Gasteiger partial charge on any atom is 0.317 e. The van der Waals surface area contributed by atoms with Crippen LogP contribution in [0.3, 0.4) is 0 Å². The van der Waals surface area contributed by atoms with Crippen LogP contribution in [-0.4, -0.2) is 85.8 Å². The van der Waals surface area contributed by atoms with Gasteiger partial charge in [-0.15, -0.1) is 11.8 Å². The number of likely N-dealkylation sites (tertiary alicyclic amines) is 1. The number of aliphatic hydroxyl groups is 1. The summed E-state index contributed by atoms with van der Waals surface area (Å²) in [6, 6.07) is 2.39. The van der Waals surface area contributed by atoms with Crippen molar-refractivity contribution in [3.05, 3.63) is 87.7 Å². The molecule has 3 N–H and O–H groups in total. The van der Waals surface area contributed by atoms with Crippen molar-refractivity contribution in [2.45, 2.75) is 67.5 Å². The quantitative estimate of drug-likeness (QED) is 0.349. The standard InChI is InChI=1S/C32H33ClF3N7O2S/c33-22-14-18(34)3-5-21(22)28-27(23-6-4-19(39-23)16-26(35)36)24-15-20(17-43(24)29(41-28)25-2-1-13-46-25)40-31(44)42-11-7-32(45,8-12-42)30-37-9-10-38-30/h1,3-6,9-10,13-14,19-20,25-26,28,45H,2,7-8,11-12,15-17H2,(H,37,38)(H,40,44)/t19?,20-,25?,28-/m0/s1. The maximum absolute atomic E-state index is 14.1. The molecule has 242 valence electrons. The van der Waals surface area contributed by atoms with E-state index >= 15 is 0 Å². The summed E-state index contributed by atoms with van der Waals surface area (Å²) in [5.41, 5.74) is 1.63. The number of carbonyl (C=O) groups is 1. The fourth-order valence-corrected chi connectivity index (χ4v) is 8.05. The summed E-state index contributed by atoms with van der Waals surface area (Å²) in [5.74, 6) is 0.851. The Morgan fingerprint density at radius 3 is 2.78 bits per heavy atom. The predicted octanol–water partition coefficient (Wildman–Crippen LogP) is 5.73. The van der Waals surface area contributed by atoms with Gasteiger partial charge in [-0.2, -0.15) is 0 Å². The third kappa shape index (κ3) is 6.00. The van der Waals surface area contributed by atoms with Crippen molar-refractivity contribution in [2.24, 2.45) is 9.98 Å². The van der Waals surface area contributed by atoms with Gasteiger partial charge in [-0.1, -0.05) is 29.8 Å². The monoisotopic (exact) mass is 671 g/mol. The lowest BCUT2D eigenvalue weighted by atomic mass is 9.90. The number of rotatable bonds is 7. The minimum Gasteiger partial charge on any atom is -0.382 e. The highest BCUT2D eigenvalue weighted by atomic mass is 35.5. The van der Waals surface area contributed by atoms with E-state index in [1.807, 2.05) is 5.41 Å². The minimum atomic E-state index is -2.51. The molecule has 2 saturated heterocycles. The van der Waals surface area contributed by atoms with E-state index in [1.165, 1.54) is 12.1 Å². The zero-order chi connectivity index (χ0) is 32.0. The van der Waals surface area contributed by atoms with Gasteiger partial charge in [0.05, 0.1) is 23.0 Å². The molecule has 9 nitrogen and oxygen atoms in total. The number of piperidine rings is 1. The van der Waals surface area contributed by atoms with E-state index in [4.69, 9.17) is 16.6 Å². The first-order valence-electron chi connectivity index (χ1n) is 15.3. The summed E-state index contributed by atoms with van der Waals surface area (Å²) >= 11 is 8.27. The highest BCUT2D eigenvalue weighted by molar-refractivity contribution is 8.03. The number of alkyl halides is 2. The molecule has 46 heavy (non-hydrogen) atoms. The normalized spacial score (nSPS) is 27.0. The van der Waals surface area contributed by atoms with Crippen LogP contribution in [0.15, 0.2) is 75.5 Å². The number of aromatic amines is 1. The summed E-state index contributed by atoms with van der Waals surface area (Å²) in [5, 5.41) is 16.5. The number of urea groups is 1. The van der Waals surface area contributed by atoms with Crippen LogP contribution in [0.1, 0.15) is 49.5 Å². The van der Waals surface area contributed by atoms with Gasteiger partial charge >= 0.3 is 6.03 Å². The van der Waals surface area contributed by atoms with E-state index in [9.17, 15) is 23.1 Å². The number of halogens is 4. The number of aliphatic imine (C=N–C) groups is 2. The Morgan fingerprint density at radius 2 is 2.09 bits per heavy atom. The molecule has 1 aromatic carbocycles. The molecule has 2 amide bonds. The van der Waals surface area contributed by atoms with Crippen molar-refractivity contribution in [3.8, 4) is 0 Å². The van der Waals surface area contributed by atoms with E-state index in [2.05, 4.69) is 31.3 Å². The number of H-pyrrole nitrogens is 1. The van der Waals surface area contributed by atoms with Gasteiger partial charge in [-0.3, -0.25) is 9.98 Å². The van der Waals surface area contributed by atoms with Crippen molar-refractivity contribution < 1.29 is 23.1 Å². The minimum absolute atomic E-state index is 0.0294. The molecule has 0 bridgehead atoms. The Labute approximate surface area is 273 Å². The molecule has 0 saturated carbocycles. The number of fused-ring (bicyclic) bond motifs is 1. The second kappa shape index (κ2) is 12.6. The van der Waals surface area contributed by atoms with Crippen LogP contribution in [0.2, 0.25) is 5.02 Å². The van der Waals surface area contributed by atoms with Gasteiger partial charge in [-0.25, -0.2) is 22.9 Å². The Balaban J connectivity index is 1.19. The molecule has 2 unspecified atom stereocenters. The van der Waals surface area contributed by atoms with E-state index in [1.54, 1.807) is 47.3 Å². The third-order valence-electron chi connectivity index (χ3n) is 9.15. The molecule has 6 heterocycles. The molecule has 14 heteroatoms. The SMILES string of the molecule is O=C(N[C@H]1CC2=C(C3=NC(CC(F)F)C=C3)[C@H](c3ccc(F)cc3Cl)N=C(C3CC=CS3)N2C1)N1CCC(O)(c2ncc[nH]2)CC1. The van der Waals surface area contributed by atoms with Gasteiger partial charge in [0.2, 0.25) is 6.43 Å². The molecular formula is C32H33ClF3N7O2S.